The van der Waals surface area contributed by atoms with E-state index in [4.69, 9.17) is 0 Å². The van der Waals surface area contributed by atoms with E-state index in [1.54, 1.807) is 0 Å². The Morgan fingerprint density at radius 3 is 2.58 bits per heavy atom. The second kappa shape index (κ2) is 7.95. The van der Waals surface area contributed by atoms with Crippen molar-refractivity contribution in [2.75, 3.05) is 18.0 Å². The van der Waals surface area contributed by atoms with Crippen LogP contribution >= 0.6 is 0 Å². The number of rotatable bonds is 4. The molecule has 1 aliphatic heterocycles. The molecule has 2 aromatic rings. The normalized spacial score (nSPS) is 15.0. The fraction of sp³-hybridized carbons (Fsp3) is 0.400. The fourth-order valence-corrected chi connectivity index (χ4v) is 3.13. The highest BCUT2D eigenvalue weighted by Crippen LogP contribution is 2.18. The topological polar surface area (TPSA) is 45.2 Å². The summed E-state index contributed by atoms with van der Waals surface area (Å²) in [6.45, 7) is 4.74. The largest absolute Gasteiger partial charge is 0.370 e. The van der Waals surface area contributed by atoms with Gasteiger partial charge in [-0.3, -0.25) is 4.79 Å². The van der Waals surface area contributed by atoms with Crippen molar-refractivity contribution in [1.82, 2.24) is 10.3 Å². The van der Waals surface area contributed by atoms with E-state index < -0.39 is 0 Å². The molecule has 0 aliphatic carbocycles. The van der Waals surface area contributed by atoms with E-state index in [0.717, 1.165) is 24.3 Å². The minimum absolute atomic E-state index is 0.126. The first-order chi connectivity index (χ1) is 11.7. The average Bonchev–Trinajstić information content (AvgIpc) is 2.89. The van der Waals surface area contributed by atoms with Crippen molar-refractivity contribution in [2.45, 2.75) is 39.2 Å². The van der Waals surface area contributed by atoms with Gasteiger partial charge in [-0.05, 0) is 37.5 Å². The van der Waals surface area contributed by atoms with Crippen molar-refractivity contribution in [3.63, 3.8) is 0 Å². The van der Waals surface area contributed by atoms with E-state index in [9.17, 15) is 4.79 Å². The van der Waals surface area contributed by atoms with Crippen LogP contribution < -0.4 is 10.2 Å². The number of amides is 1. The molecule has 24 heavy (non-hydrogen) atoms. The molecule has 126 valence electrons. The number of carbonyl (C=O) groups excluding carboxylic acids is 1. The number of aromatic nitrogens is 1. The SMILES string of the molecule is Cc1cccc(CNC(=O)c2ccc(N3CCCCCC3)cn2)c1. The molecule has 0 saturated carbocycles. The van der Waals surface area contributed by atoms with Crippen LogP contribution in [0.4, 0.5) is 5.69 Å². The molecule has 0 spiro atoms. The lowest BCUT2D eigenvalue weighted by Gasteiger charge is -2.22. The number of aryl methyl sites for hydroxylation is 1. The molecule has 1 amide bonds. The van der Waals surface area contributed by atoms with Gasteiger partial charge in [0.25, 0.3) is 5.91 Å². The zero-order chi connectivity index (χ0) is 16.8. The number of anilines is 1. The Hall–Kier alpha value is -2.36. The van der Waals surface area contributed by atoms with Gasteiger partial charge in [-0.15, -0.1) is 0 Å². The highest BCUT2D eigenvalue weighted by atomic mass is 16.1. The molecule has 1 aromatic carbocycles. The van der Waals surface area contributed by atoms with Crippen molar-refractivity contribution in [3.8, 4) is 0 Å². The summed E-state index contributed by atoms with van der Waals surface area (Å²) in [5.74, 6) is -0.126. The van der Waals surface area contributed by atoms with Gasteiger partial charge in [0.05, 0.1) is 11.9 Å². The predicted octanol–water partition coefficient (Wildman–Crippen LogP) is 3.70. The van der Waals surface area contributed by atoms with Crippen molar-refractivity contribution in [3.05, 3.63) is 59.4 Å². The van der Waals surface area contributed by atoms with E-state index in [0.29, 0.717) is 12.2 Å². The fourth-order valence-electron chi connectivity index (χ4n) is 3.13. The Balaban J connectivity index is 1.59. The summed E-state index contributed by atoms with van der Waals surface area (Å²) in [6, 6.07) is 12.0. The molecule has 1 aliphatic rings. The van der Waals surface area contributed by atoms with Gasteiger partial charge in [-0.1, -0.05) is 42.7 Å². The summed E-state index contributed by atoms with van der Waals surface area (Å²) in [6.07, 6.45) is 6.91. The van der Waals surface area contributed by atoms with Gasteiger partial charge >= 0.3 is 0 Å². The summed E-state index contributed by atoms with van der Waals surface area (Å²) in [5.41, 5.74) is 3.89. The van der Waals surface area contributed by atoms with E-state index >= 15 is 0 Å². The number of carbonyl (C=O) groups is 1. The third-order valence-corrected chi connectivity index (χ3v) is 4.49. The number of hydrogen-bond acceptors (Lipinski definition) is 3. The molecule has 2 heterocycles. The second-order valence-electron chi connectivity index (χ2n) is 6.47. The lowest BCUT2D eigenvalue weighted by molar-refractivity contribution is 0.0946. The van der Waals surface area contributed by atoms with Gasteiger partial charge < -0.3 is 10.2 Å². The number of nitrogens with zero attached hydrogens (tertiary/aromatic N) is 2. The van der Waals surface area contributed by atoms with Crippen LogP contribution in [0.3, 0.4) is 0 Å². The van der Waals surface area contributed by atoms with E-state index in [1.807, 2.05) is 30.5 Å². The molecule has 1 aromatic heterocycles. The van der Waals surface area contributed by atoms with Crippen LogP contribution in [0.2, 0.25) is 0 Å². The Kier molecular flexibility index (Phi) is 5.47. The van der Waals surface area contributed by atoms with Crippen LogP contribution in [0, 0.1) is 6.92 Å². The predicted molar refractivity (Wildman–Crippen MR) is 97.3 cm³/mol. The monoisotopic (exact) mass is 323 g/mol. The van der Waals surface area contributed by atoms with Gasteiger partial charge in [-0.2, -0.15) is 0 Å². The van der Waals surface area contributed by atoms with Crippen LogP contribution in [0.25, 0.3) is 0 Å². The molecule has 0 unspecified atom stereocenters. The van der Waals surface area contributed by atoms with Crippen LogP contribution in [-0.4, -0.2) is 24.0 Å². The molecule has 3 rings (SSSR count). The lowest BCUT2D eigenvalue weighted by atomic mass is 10.1. The van der Waals surface area contributed by atoms with Crippen molar-refractivity contribution < 1.29 is 4.79 Å². The molecule has 0 bridgehead atoms. The van der Waals surface area contributed by atoms with Gasteiger partial charge in [-0.25, -0.2) is 4.98 Å². The zero-order valence-electron chi connectivity index (χ0n) is 14.3. The summed E-state index contributed by atoms with van der Waals surface area (Å²) >= 11 is 0. The lowest BCUT2D eigenvalue weighted by Crippen LogP contribution is -2.26. The summed E-state index contributed by atoms with van der Waals surface area (Å²) in [5, 5.41) is 2.94. The van der Waals surface area contributed by atoms with E-state index in [1.165, 1.54) is 31.2 Å². The summed E-state index contributed by atoms with van der Waals surface area (Å²) in [4.78, 5) is 19.0. The molecule has 4 heteroatoms. The third-order valence-electron chi connectivity index (χ3n) is 4.49. The molecule has 1 saturated heterocycles. The van der Waals surface area contributed by atoms with Crippen LogP contribution in [0.5, 0.6) is 0 Å². The highest BCUT2D eigenvalue weighted by molar-refractivity contribution is 5.92. The summed E-state index contributed by atoms with van der Waals surface area (Å²) in [7, 11) is 0. The average molecular weight is 323 g/mol. The van der Waals surface area contributed by atoms with Gasteiger partial charge in [0.15, 0.2) is 0 Å². The van der Waals surface area contributed by atoms with Crippen LogP contribution in [-0.2, 0) is 6.54 Å². The number of pyridine rings is 1. The number of benzene rings is 1. The zero-order valence-corrected chi connectivity index (χ0v) is 14.3. The maximum atomic E-state index is 12.3. The van der Waals surface area contributed by atoms with Crippen LogP contribution in [0.15, 0.2) is 42.6 Å². The van der Waals surface area contributed by atoms with Crippen molar-refractivity contribution in [1.29, 1.82) is 0 Å². The Morgan fingerprint density at radius 1 is 1.12 bits per heavy atom. The standard InChI is InChI=1S/C20H25N3O/c1-16-7-6-8-17(13-16)14-22-20(24)19-10-9-18(15-21-19)23-11-4-2-3-5-12-23/h6-10,13,15H,2-5,11-12,14H2,1H3,(H,22,24). The highest BCUT2D eigenvalue weighted by Gasteiger charge is 2.12. The maximum Gasteiger partial charge on any atom is 0.270 e. The minimum atomic E-state index is -0.126. The molecule has 4 nitrogen and oxygen atoms in total. The molecule has 0 radical (unpaired) electrons. The second-order valence-corrected chi connectivity index (χ2v) is 6.47. The Morgan fingerprint density at radius 2 is 1.92 bits per heavy atom. The summed E-state index contributed by atoms with van der Waals surface area (Å²) < 4.78 is 0. The van der Waals surface area contributed by atoms with Gasteiger partial charge in [0, 0.05) is 19.6 Å². The number of nitrogens with one attached hydrogen (secondary N) is 1. The van der Waals surface area contributed by atoms with Gasteiger partial charge in [0.1, 0.15) is 5.69 Å². The van der Waals surface area contributed by atoms with Crippen LogP contribution in [0.1, 0.15) is 47.3 Å². The molecule has 0 atom stereocenters. The maximum absolute atomic E-state index is 12.3. The van der Waals surface area contributed by atoms with Crippen molar-refractivity contribution >= 4 is 11.6 Å². The quantitative estimate of drug-likeness (QED) is 0.933. The first-order valence-corrected chi connectivity index (χ1v) is 8.77. The molecule has 1 N–H and O–H groups in total. The van der Waals surface area contributed by atoms with Crippen molar-refractivity contribution in [2.24, 2.45) is 0 Å². The molecule has 1 fully saturated rings. The third kappa shape index (κ3) is 4.34. The minimum Gasteiger partial charge on any atom is -0.370 e. The Labute approximate surface area is 143 Å². The van der Waals surface area contributed by atoms with Gasteiger partial charge in [0.2, 0.25) is 0 Å². The first kappa shape index (κ1) is 16.5. The first-order valence-electron chi connectivity index (χ1n) is 8.77. The molecular formula is C20H25N3O. The Bertz CT molecular complexity index is 674. The van der Waals surface area contributed by atoms with E-state index in [2.05, 4.69) is 34.3 Å². The number of hydrogen-bond donors (Lipinski definition) is 1. The smallest absolute Gasteiger partial charge is 0.270 e. The molecular weight excluding hydrogens is 298 g/mol. The van der Waals surface area contributed by atoms with E-state index in [-0.39, 0.29) is 5.91 Å².